The maximum Gasteiger partial charge on any atom is 0.322 e. The van der Waals surface area contributed by atoms with Gasteiger partial charge in [-0.1, -0.05) is 12.1 Å². The average Bonchev–Trinajstić information content (AvgIpc) is 2.74. The Bertz CT molecular complexity index is 766. The summed E-state index contributed by atoms with van der Waals surface area (Å²) >= 11 is 0. The van der Waals surface area contributed by atoms with E-state index < -0.39 is 0 Å². The fourth-order valence-corrected chi connectivity index (χ4v) is 3.67. The second-order valence-corrected chi connectivity index (χ2v) is 7.27. The molecule has 6 nitrogen and oxygen atoms in total. The summed E-state index contributed by atoms with van der Waals surface area (Å²) < 4.78 is 18.6. The number of benzene rings is 1. The van der Waals surface area contributed by atoms with Crippen LogP contribution in [0.5, 0.6) is 0 Å². The van der Waals surface area contributed by atoms with Crippen LogP contribution in [0.2, 0.25) is 0 Å². The van der Waals surface area contributed by atoms with Gasteiger partial charge < -0.3 is 19.9 Å². The number of likely N-dealkylation sites (tertiary alicyclic amines) is 1. The van der Waals surface area contributed by atoms with Gasteiger partial charge in [0, 0.05) is 63.3 Å². The van der Waals surface area contributed by atoms with Crippen molar-refractivity contribution in [3.05, 3.63) is 60.2 Å². The number of methoxy groups -OCH3 is 1. The van der Waals surface area contributed by atoms with E-state index in [1.807, 2.05) is 23.2 Å². The van der Waals surface area contributed by atoms with Gasteiger partial charge in [-0.25, -0.2) is 9.18 Å². The number of nitrogens with one attached hydrogen (secondary N) is 1. The highest BCUT2D eigenvalue weighted by atomic mass is 19.1. The molecule has 3 rings (SSSR count). The van der Waals surface area contributed by atoms with E-state index in [1.165, 1.54) is 12.1 Å². The van der Waals surface area contributed by atoms with E-state index in [4.69, 9.17) is 4.74 Å². The van der Waals surface area contributed by atoms with Crippen molar-refractivity contribution in [1.29, 1.82) is 0 Å². The fraction of sp³-hybridized carbons (Fsp3) is 0.455. The first-order valence-electron chi connectivity index (χ1n) is 10.1. The molecule has 1 aromatic heterocycles. The summed E-state index contributed by atoms with van der Waals surface area (Å²) in [6.07, 6.45) is 4.57. The summed E-state index contributed by atoms with van der Waals surface area (Å²) in [7, 11) is 1.63. The molecular weight excluding hydrogens is 371 g/mol. The molecule has 0 saturated carbocycles. The zero-order chi connectivity index (χ0) is 20.5. The monoisotopic (exact) mass is 400 g/mol. The lowest BCUT2D eigenvalue weighted by Gasteiger charge is -2.38. The number of urea groups is 1. The number of pyridine rings is 1. The molecule has 1 aliphatic heterocycles. The topological polar surface area (TPSA) is 57.7 Å². The maximum absolute atomic E-state index is 13.4. The second-order valence-electron chi connectivity index (χ2n) is 7.27. The van der Waals surface area contributed by atoms with E-state index in [9.17, 15) is 9.18 Å². The van der Waals surface area contributed by atoms with Gasteiger partial charge in [0.15, 0.2) is 0 Å². The minimum absolute atomic E-state index is 0.143. The van der Waals surface area contributed by atoms with Gasteiger partial charge in [0.05, 0.1) is 6.61 Å². The van der Waals surface area contributed by atoms with Crippen LogP contribution in [0.25, 0.3) is 0 Å². The summed E-state index contributed by atoms with van der Waals surface area (Å²) in [5.74, 6) is -0.368. The Kier molecular flexibility index (Phi) is 7.95. The smallest absolute Gasteiger partial charge is 0.322 e. The van der Waals surface area contributed by atoms with Crippen LogP contribution in [0.1, 0.15) is 18.5 Å². The van der Waals surface area contributed by atoms with Crippen molar-refractivity contribution >= 4 is 11.7 Å². The number of ether oxygens (including phenoxy) is 1. The highest BCUT2D eigenvalue weighted by Crippen LogP contribution is 2.19. The largest absolute Gasteiger partial charge is 0.383 e. The van der Waals surface area contributed by atoms with E-state index in [0.717, 1.165) is 44.6 Å². The number of nitrogens with zero attached hydrogens (tertiary/aromatic N) is 3. The lowest BCUT2D eigenvalue weighted by molar-refractivity contribution is 0.101. The molecule has 0 atom stereocenters. The minimum Gasteiger partial charge on any atom is -0.383 e. The molecule has 0 unspecified atom stereocenters. The molecule has 1 aromatic carbocycles. The Hall–Kier alpha value is -2.51. The third-order valence-electron chi connectivity index (χ3n) is 5.28. The Morgan fingerprint density at radius 2 is 2.10 bits per heavy atom. The summed E-state index contributed by atoms with van der Waals surface area (Å²) in [5, 5.41) is 2.82. The van der Waals surface area contributed by atoms with Crippen LogP contribution in [-0.4, -0.2) is 66.8 Å². The highest BCUT2D eigenvalue weighted by molar-refractivity contribution is 5.89. The first-order valence-corrected chi connectivity index (χ1v) is 10.1. The zero-order valence-electron chi connectivity index (χ0n) is 16.9. The predicted octanol–water partition coefficient (Wildman–Crippen LogP) is 3.41. The van der Waals surface area contributed by atoms with E-state index in [0.29, 0.717) is 18.8 Å². The highest BCUT2D eigenvalue weighted by Gasteiger charge is 2.27. The number of hydrogen-bond acceptors (Lipinski definition) is 4. The molecule has 29 heavy (non-hydrogen) atoms. The number of halogens is 1. The van der Waals surface area contributed by atoms with E-state index in [2.05, 4.69) is 21.3 Å². The van der Waals surface area contributed by atoms with Crippen molar-refractivity contribution < 1.29 is 13.9 Å². The molecule has 0 aliphatic carbocycles. The van der Waals surface area contributed by atoms with Crippen molar-refractivity contribution in [2.45, 2.75) is 25.3 Å². The number of hydrogen-bond donors (Lipinski definition) is 1. The number of aromatic nitrogens is 1. The van der Waals surface area contributed by atoms with Gasteiger partial charge in [-0.3, -0.25) is 4.98 Å². The quantitative estimate of drug-likeness (QED) is 0.738. The summed E-state index contributed by atoms with van der Waals surface area (Å²) in [4.78, 5) is 21.5. The number of carbonyl (C=O) groups is 1. The van der Waals surface area contributed by atoms with Crippen molar-refractivity contribution in [3.63, 3.8) is 0 Å². The summed E-state index contributed by atoms with van der Waals surface area (Å²) in [6.45, 7) is 3.83. The van der Waals surface area contributed by atoms with Crippen LogP contribution in [0.4, 0.5) is 14.9 Å². The number of carbonyl (C=O) groups excluding carboxylic acids is 1. The van der Waals surface area contributed by atoms with Gasteiger partial charge in [0.25, 0.3) is 0 Å². The number of piperidine rings is 1. The molecule has 0 radical (unpaired) electrons. The molecule has 2 aromatic rings. The van der Waals surface area contributed by atoms with Gasteiger partial charge in [0.2, 0.25) is 0 Å². The van der Waals surface area contributed by atoms with Crippen LogP contribution < -0.4 is 5.32 Å². The van der Waals surface area contributed by atoms with Crippen LogP contribution in [0.3, 0.4) is 0 Å². The van der Waals surface area contributed by atoms with Crippen LogP contribution in [0.15, 0.2) is 48.7 Å². The van der Waals surface area contributed by atoms with Crippen LogP contribution >= 0.6 is 0 Å². The van der Waals surface area contributed by atoms with Crippen molar-refractivity contribution in [2.24, 2.45) is 0 Å². The number of anilines is 1. The Morgan fingerprint density at radius 1 is 1.28 bits per heavy atom. The fourth-order valence-electron chi connectivity index (χ4n) is 3.67. The Labute approximate surface area is 171 Å². The molecule has 1 aliphatic rings. The molecule has 1 saturated heterocycles. The maximum atomic E-state index is 13.4. The zero-order valence-corrected chi connectivity index (χ0v) is 16.9. The van der Waals surface area contributed by atoms with Crippen molar-refractivity contribution in [1.82, 2.24) is 14.8 Å². The lowest BCUT2D eigenvalue weighted by atomic mass is 10.0. The third-order valence-corrected chi connectivity index (χ3v) is 5.28. The number of rotatable bonds is 8. The first kappa shape index (κ1) is 21.2. The first-order chi connectivity index (χ1) is 14.2. The molecule has 2 amide bonds. The SMILES string of the molecule is COCCN(C(=O)Nc1cccc(F)c1)C1CCN(CCc2ccccn2)CC1. The molecule has 7 heteroatoms. The third kappa shape index (κ3) is 6.51. The average molecular weight is 400 g/mol. The summed E-state index contributed by atoms with van der Waals surface area (Å²) in [6, 6.07) is 11.9. The minimum atomic E-state index is -0.368. The van der Waals surface area contributed by atoms with E-state index in [-0.39, 0.29) is 17.9 Å². The number of amides is 2. The standard InChI is InChI=1S/C22H29FN4O2/c1-29-16-15-27(22(28)25-20-7-4-5-18(23)17-20)21-9-13-26(14-10-21)12-8-19-6-2-3-11-24-19/h2-7,11,17,21H,8-10,12-16H2,1H3,(H,25,28). The normalized spacial score (nSPS) is 15.2. The Balaban J connectivity index is 1.53. The van der Waals surface area contributed by atoms with Gasteiger partial charge in [-0.2, -0.15) is 0 Å². The summed E-state index contributed by atoms with van der Waals surface area (Å²) in [5.41, 5.74) is 1.57. The second kappa shape index (κ2) is 10.9. The van der Waals surface area contributed by atoms with Crippen molar-refractivity contribution in [3.8, 4) is 0 Å². The molecule has 0 bridgehead atoms. The molecule has 156 valence electrons. The van der Waals surface area contributed by atoms with E-state index >= 15 is 0 Å². The lowest BCUT2D eigenvalue weighted by Crippen LogP contribution is -2.50. The van der Waals surface area contributed by atoms with Gasteiger partial charge >= 0.3 is 6.03 Å². The van der Waals surface area contributed by atoms with E-state index in [1.54, 1.807) is 19.2 Å². The molecular formula is C22H29FN4O2. The Morgan fingerprint density at radius 3 is 2.79 bits per heavy atom. The van der Waals surface area contributed by atoms with Crippen LogP contribution in [0, 0.1) is 5.82 Å². The van der Waals surface area contributed by atoms with Gasteiger partial charge in [-0.05, 0) is 43.2 Å². The molecule has 2 heterocycles. The van der Waals surface area contributed by atoms with Gasteiger partial charge in [0.1, 0.15) is 5.82 Å². The molecule has 0 spiro atoms. The van der Waals surface area contributed by atoms with Crippen LogP contribution in [-0.2, 0) is 11.2 Å². The molecule has 1 N–H and O–H groups in total. The predicted molar refractivity (Wildman–Crippen MR) is 111 cm³/mol. The van der Waals surface area contributed by atoms with Crippen molar-refractivity contribution in [2.75, 3.05) is 45.2 Å². The van der Waals surface area contributed by atoms with Gasteiger partial charge in [-0.15, -0.1) is 0 Å². The molecule has 1 fully saturated rings.